The fourth-order valence-corrected chi connectivity index (χ4v) is 7.91. The first-order valence-electron chi connectivity index (χ1n) is 19.9. The third kappa shape index (κ3) is 13.8. The van der Waals surface area contributed by atoms with Gasteiger partial charge in [0.05, 0.1) is 0 Å². The number of unbranched alkanes of at least 4 members (excludes halogenated alkanes) is 15. The predicted molar refractivity (Wildman–Crippen MR) is 204 cm³/mol. The molecule has 252 valence electrons. The van der Waals surface area contributed by atoms with E-state index < -0.39 is 0 Å². The molecule has 2 aromatic rings. The second-order valence-electron chi connectivity index (χ2n) is 15.0. The summed E-state index contributed by atoms with van der Waals surface area (Å²) in [4.78, 5) is 0. The summed E-state index contributed by atoms with van der Waals surface area (Å²) in [6.45, 7) is 13.9. The summed E-state index contributed by atoms with van der Waals surface area (Å²) in [7, 11) is 0. The molecule has 0 saturated heterocycles. The molecule has 0 aromatic heterocycles. The lowest BCUT2D eigenvalue weighted by molar-refractivity contribution is 0.441. The molecule has 0 amide bonds. The monoisotopic (exact) mass is 613 g/mol. The number of hydrogen-bond acceptors (Lipinski definition) is 0. The molecule has 0 fully saturated rings. The second kappa shape index (κ2) is 22.7. The third-order valence-electron chi connectivity index (χ3n) is 10.8. The fraction of sp³-hybridized carbons (Fsp3) is 0.689. The maximum Gasteiger partial charge on any atom is 0.00636 e. The average molecular weight is 613 g/mol. The van der Waals surface area contributed by atoms with Gasteiger partial charge in [0, 0.05) is 5.92 Å². The first-order valence-corrected chi connectivity index (χ1v) is 19.9. The van der Waals surface area contributed by atoms with Crippen molar-refractivity contribution in [3.05, 3.63) is 64.7 Å². The van der Waals surface area contributed by atoms with Crippen LogP contribution < -0.4 is 0 Å². The van der Waals surface area contributed by atoms with Gasteiger partial charge in [0.1, 0.15) is 0 Å². The average Bonchev–Trinajstić information content (AvgIpc) is 3.41. The van der Waals surface area contributed by atoms with E-state index in [2.05, 4.69) is 70.7 Å². The van der Waals surface area contributed by atoms with Crippen molar-refractivity contribution in [3.8, 4) is 0 Å². The van der Waals surface area contributed by atoms with Gasteiger partial charge in [-0.25, -0.2) is 0 Å². The molecular weight excluding hydrogens is 540 g/mol. The normalized spacial score (nSPS) is 15.0. The maximum atomic E-state index is 4.45. The van der Waals surface area contributed by atoms with Gasteiger partial charge in [0.2, 0.25) is 0 Å². The highest BCUT2D eigenvalue weighted by Gasteiger charge is 2.27. The van der Waals surface area contributed by atoms with Crippen LogP contribution in [0.15, 0.2) is 48.1 Å². The molecule has 0 aliphatic heterocycles. The van der Waals surface area contributed by atoms with Crippen LogP contribution >= 0.6 is 0 Å². The number of aryl methyl sites for hydroxylation is 1. The van der Waals surface area contributed by atoms with E-state index >= 15 is 0 Å². The molecular formula is C45H72. The molecule has 45 heavy (non-hydrogen) atoms. The van der Waals surface area contributed by atoms with Gasteiger partial charge in [-0.3, -0.25) is 0 Å². The molecule has 1 aliphatic carbocycles. The summed E-state index contributed by atoms with van der Waals surface area (Å²) in [6.07, 6.45) is 37.2. The molecule has 0 heterocycles. The Morgan fingerprint density at radius 3 is 1.98 bits per heavy atom. The number of hydrogen-bond donors (Lipinski definition) is 0. The molecule has 0 heteroatoms. The Bertz CT molecular complexity index is 1120. The van der Waals surface area contributed by atoms with Crippen LogP contribution in [0.5, 0.6) is 0 Å². The van der Waals surface area contributed by atoms with Crippen molar-refractivity contribution in [1.82, 2.24) is 0 Å². The van der Waals surface area contributed by atoms with Crippen LogP contribution in [0.3, 0.4) is 0 Å². The van der Waals surface area contributed by atoms with E-state index in [4.69, 9.17) is 0 Å². The quantitative estimate of drug-likeness (QED) is 0.0695. The lowest BCUT2D eigenvalue weighted by atomic mass is 9.84. The molecule has 0 bridgehead atoms. The Hall–Kier alpha value is -1.82. The van der Waals surface area contributed by atoms with E-state index in [0.717, 1.165) is 5.92 Å². The molecule has 0 spiro atoms. The van der Waals surface area contributed by atoms with Gasteiger partial charge in [0.25, 0.3) is 0 Å². The predicted octanol–water partition coefficient (Wildman–Crippen LogP) is 15.6. The van der Waals surface area contributed by atoms with Crippen LogP contribution in [0, 0.1) is 12.8 Å². The Morgan fingerprint density at radius 1 is 0.689 bits per heavy atom. The van der Waals surface area contributed by atoms with Gasteiger partial charge in [-0.1, -0.05) is 190 Å². The first-order chi connectivity index (χ1) is 22.0. The van der Waals surface area contributed by atoms with Crippen molar-refractivity contribution >= 4 is 16.8 Å². The molecule has 2 atom stereocenters. The highest BCUT2D eigenvalue weighted by atomic mass is 14.3. The summed E-state index contributed by atoms with van der Waals surface area (Å²) in [5.74, 6) is 1.52. The summed E-state index contributed by atoms with van der Waals surface area (Å²) >= 11 is 0. The molecule has 0 N–H and O–H groups in total. The summed E-state index contributed by atoms with van der Waals surface area (Å²) in [5.41, 5.74) is 7.84. The highest BCUT2D eigenvalue weighted by molar-refractivity contribution is 5.93. The lowest BCUT2D eigenvalue weighted by Gasteiger charge is -2.20. The molecule has 0 saturated carbocycles. The van der Waals surface area contributed by atoms with E-state index in [1.807, 2.05) is 0 Å². The Labute approximate surface area is 281 Å². The van der Waals surface area contributed by atoms with Crippen LogP contribution in [0.25, 0.3) is 16.8 Å². The number of rotatable bonds is 27. The smallest absolute Gasteiger partial charge is 0.00636 e. The van der Waals surface area contributed by atoms with E-state index in [-0.39, 0.29) is 0 Å². The van der Waals surface area contributed by atoms with Crippen molar-refractivity contribution in [1.29, 1.82) is 0 Å². The standard InChI is InChI=1S/C45H72/c1-6-8-10-11-12-13-14-15-16-18-21-27-37(3)29-26-30-38(4)28-22-19-17-20-23-33-43-41(31-9-7-2)36-44-39(5)35-40-32-24-25-34-42(40)45(43)44/h24-25,32,34-37,43H,4,6-23,26-31,33H2,1-3,5H3. The largest absolute Gasteiger partial charge is 0.0999 e. The Kier molecular flexibility index (Phi) is 19.0. The topological polar surface area (TPSA) is 0 Å². The molecule has 0 radical (unpaired) electrons. The van der Waals surface area contributed by atoms with Gasteiger partial charge < -0.3 is 0 Å². The minimum absolute atomic E-state index is 0.633. The van der Waals surface area contributed by atoms with Crippen LogP contribution in [-0.4, -0.2) is 0 Å². The van der Waals surface area contributed by atoms with Crippen molar-refractivity contribution < 1.29 is 0 Å². The Balaban J connectivity index is 1.21. The fourth-order valence-electron chi connectivity index (χ4n) is 7.91. The molecule has 2 unspecified atom stereocenters. The number of benzene rings is 2. The zero-order valence-corrected chi connectivity index (χ0v) is 30.5. The summed E-state index contributed by atoms with van der Waals surface area (Å²) in [5, 5.41) is 2.91. The van der Waals surface area contributed by atoms with Crippen molar-refractivity contribution in [3.63, 3.8) is 0 Å². The van der Waals surface area contributed by atoms with Crippen LogP contribution in [0.2, 0.25) is 0 Å². The number of fused-ring (bicyclic) bond motifs is 3. The van der Waals surface area contributed by atoms with Crippen LogP contribution in [0.1, 0.15) is 204 Å². The van der Waals surface area contributed by atoms with E-state index in [0.29, 0.717) is 5.92 Å². The van der Waals surface area contributed by atoms with E-state index in [9.17, 15) is 0 Å². The van der Waals surface area contributed by atoms with Crippen molar-refractivity contribution in [2.75, 3.05) is 0 Å². The molecule has 0 nitrogen and oxygen atoms in total. The molecule has 1 aliphatic rings. The first kappa shape index (κ1) is 37.6. The van der Waals surface area contributed by atoms with Crippen LogP contribution in [-0.2, 0) is 0 Å². The van der Waals surface area contributed by atoms with Gasteiger partial charge in [0.15, 0.2) is 0 Å². The molecule has 2 aromatic carbocycles. The Morgan fingerprint density at radius 2 is 1.27 bits per heavy atom. The SMILES string of the molecule is C=C(CCCCCCCC1C(CCCC)=Cc2c(C)cc3ccccc3c21)CCCC(C)CCCCCCCCCCCCC. The van der Waals surface area contributed by atoms with Gasteiger partial charge in [-0.05, 0) is 85.3 Å². The van der Waals surface area contributed by atoms with Gasteiger partial charge >= 0.3 is 0 Å². The minimum atomic E-state index is 0.633. The maximum absolute atomic E-state index is 4.45. The van der Waals surface area contributed by atoms with E-state index in [1.165, 1.54) is 188 Å². The zero-order chi connectivity index (χ0) is 32.1. The summed E-state index contributed by atoms with van der Waals surface area (Å²) < 4.78 is 0. The van der Waals surface area contributed by atoms with Gasteiger partial charge in [-0.2, -0.15) is 0 Å². The molecule has 3 rings (SSSR count). The van der Waals surface area contributed by atoms with Crippen LogP contribution in [0.4, 0.5) is 0 Å². The van der Waals surface area contributed by atoms with Crippen molar-refractivity contribution in [2.45, 2.75) is 194 Å². The summed E-state index contributed by atoms with van der Waals surface area (Å²) in [6, 6.07) is 11.5. The second-order valence-corrected chi connectivity index (χ2v) is 15.0. The highest BCUT2D eigenvalue weighted by Crippen LogP contribution is 2.46. The van der Waals surface area contributed by atoms with Gasteiger partial charge in [-0.15, -0.1) is 0 Å². The van der Waals surface area contributed by atoms with Crippen molar-refractivity contribution in [2.24, 2.45) is 5.92 Å². The minimum Gasteiger partial charge on any atom is -0.0999 e. The lowest BCUT2D eigenvalue weighted by Crippen LogP contribution is -2.02. The zero-order valence-electron chi connectivity index (χ0n) is 30.5. The number of allylic oxidation sites excluding steroid dienone is 2. The van der Waals surface area contributed by atoms with E-state index in [1.54, 1.807) is 11.1 Å². The third-order valence-corrected chi connectivity index (χ3v) is 10.8.